The van der Waals surface area contributed by atoms with Crippen molar-refractivity contribution in [3.05, 3.63) is 35.9 Å². The summed E-state index contributed by atoms with van der Waals surface area (Å²) in [5.41, 5.74) is 1.37. The SMILES string of the molecule is CC(NCC(C)N(C)C1CC1)c1ccccc1. The lowest BCUT2D eigenvalue weighted by atomic mass is 10.1. The maximum Gasteiger partial charge on any atom is 0.0292 e. The number of hydrogen-bond acceptors (Lipinski definition) is 2. The van der Waals surface area contributed by atoms with Crippen LogP contribution in [0, 0.1) is 0 Å². The number of likely N-dealkylation sites (N-methyl/N-ethyl adjacent to an activating group) is 1. The van der Waals surface area contributed by atoms with Gasteiger partial charge in [0.05, 0.1) is 0 Å². The number of rotatable bonds is 6. The molecular weight excluding hydrogens is 208 g/mol. The van der Waals surface area contributed by atoms with Gasteiger partial charge in [0.15, 0.2) is 0 Å². The van der Waals surface area contributed by atoms with E-state index in [1.807, 2.05) is 0 Å². The topological polar surface area (TPSA) is 15.3 Å². The number of nitrogens with one attached hydrogen (secondary N) is 1. The van der Waals surface area contributed by atoms with Crippen LogP contribution in [0.15, 0.2) is 30.3 Å². The fraction of sp³-hybridized carbons (Fsp3) is 0.600. The van der Waals surface area contributed by atoms with Crippen LogP contribution in [0.25, 0.3) is 0 Å². The molecule has 2 heteroatoms. The lowest BCUT2D eigenvalue weighted by Gasteiger charge is -2.26. The molecule has 0 spiro atoms. The molecule has 2 nitrogen and oxygen atoms in total. The van der Waals surface area contributed by atoms with Gasteiger partial charge < -0.3 is 5.32 Å². The minimum Gasteiger partial charge on any atom is -0.309 e. The van der Waals surface area contributed by atoms with E-state index in [0.29, 0.717) is 12.1 Å². The first-order valence-electron chi connectivity index (χ1n) is 6.68. The van der Waals surface area contributed by atoms with Gasteiger partial charge in [-0.25, -0.2) is 0 Å². The summed E-state index contributed by atoms with van der Waals surface area (Å²) in [6, 6.07) is 12.6. The van der Waals surface area contributed by atoms with Gasteiger partial charge in [0.2, 0.25) is 0 Å². The van der Waals surface area contributed by atoms with E-state index in [4.69, 9.17) is 0 Å². The molecule has 1 fully saturated rings. The molecule has 0 amide bonds. The van der Waals surface area contributed by atoms with Crippen molar-refractivity contribution in [3.63, 3.8) is 0 Å². The van der Waals surface area contributed by atoms with Crippen LogP contribution in [0.1, 0.15) is 38.3 Å². The largest absolute Gasteiger partial charge is 0.309 e. The van der Waals surface area contributed by atoms with E-state index in [2.05, 4.69) is 61.4 Å². The van der Waals surface area contributed by atoms with Gasteiger partial charge in [0, 0.05) is 24.7 Å². The maximum absolute atomic E-state index is 3.62. The van der Waals surface area contributed by atoms with E-state index in [9.17, 15) is 0 Å². The number of benzene rings is 1. The molecule has 0 saturated heterocycles. The van der Waals surface area contributed by atoms with Gasteiger partial charge in [-0.05, 0) is 39.3 Å². The highest BCUT2D eigenvalue weighted by Gasteiger charge is 2.28. The van der Waals surface area contributed by atoms with E-state index >= 15 is 0 Å². The van der Waals surface area contributed by atoms with E-state index in [0.717, 1.165) is 12.6 Å². The summed E-state index contributed by atoms with van der Waals surface area (Å²) in [6.45, 7) is 5.60. The highest BCUT2D eigenvalue weighted by molar-refractivity contribution is 5.18. The van der Waals surface area contributed by atoms with Crippen molar-refractivity contribution < 1.29 is 0 Å². The van der Waals surface area contributed by atoms with Crippen LogP contribution in [0.4, 0.5) is 0 Å². The molecule has 0 aromatic heterocycles. The zero-order valence-electron chi connectivity index (χ0n) is 11.2. The highest BCUT2D eigenvalue weighted by Crippen LogP contribution is 2.26. The van der Waals surface area contributed by atoms with Crippen LogP contribution < -0.4 is 5.32 Å². The van der Waals surface area contributed by atoms with E-state index in [1.54, 1.807) is 0 Å². The highest BCUT2D eigenvalue weighted by atomic mass is 15.2. The van der Waals surface area contributed by atoms with Crippen molar-refractivity contribution in [2.24, 2.45) is 0 Å². The average molecular weight is 232 g/mol. The van der Waals surface area contributed by atoms with Gasteiger partial charge in [-0.2, -0.15) is 0 Å². The molecule has 1 saturated carbocycles. The third-order valence-electron chi connectivity index (χ3n) is 3.84. The predicted molar refractivity (Wildman–Crippen MR) is 73.1 cm³/mol. The van der Waals surface area contributed by atoms with Crippen molar-refractivity contribution in [1.29, 1.82) is 0 Å². The molecule has 94 valence electrons. The summed E-state index contributed by atoms with van der Waals surface area (Å²) in [4.78, 5) is 2.50. The van der Waals surface area contributed by atoms with Crippen molar-refractivity contribution in [2.75, 3.05) is 13.6 Å². The molecule has 1 aliphatic rings. The summed E-state index contributed by atoms with van der Waals surface area (Å²) in [6.07, 6.45) is 2.77. The Balaban J connectivity index is 1.77. The monoisotopic (exact) mass is 232 g/mol. The Hall–Kier alpha value is -0.860. The maximum atomic E-state index is 3.62. The number of hydrogen-bond donors (Lipinski definition) is 1. The smallest absolute Gasteiger partial charge is 0.0292 e. The van der Waals surface area contributed by atoms with Crippen molar-refractivity contribution in [1.82, 2.24) is 10.2 Å². The van der Waals surface area contributed by atoms with Crippen LogP contribution in [0.3, 0.4) is 0 Å². The summed E-state index contributed by atoms with van der Waals surface area (Å²) in [5, 5.41) is 3.62. The molecule has 0 aliphatic heterocycles. The first-order chi connectivity index (χ1) is 8.18. The molecule has 1 aliphatic carbocycles. The second kappa shape index (κ2) is 5.65. The fourth-order valence-electron chi connectivity index (χ4n) is 2.19. The summed E-state index contributed by atoms with van der Waals surface area (Å²) < 4.78 is 0. The zero-order chi connectivity index (χ0) is 12.3. The van der Waals surface area contributed by atoms with Gasteiger partial charge in [-0.15, -0.1) is 0 Å². The third kappa shape index (κ3) is 3.55. The normalized spacial score (nSPS) is 19.3. The van der Waals surface area contributed by atoms with Gasteiger partial charge in [-0.1, -0.05) is 30.3 Å². The van der Waals surface area contributed by atoms with Gasteiger partial charge in [-0.3, -0.25) is 4.90 Å². The van der Waals surface area contributed by atoms with E-state index < -0.39 is 0 Å². The molecule has 0 radical (unpaired) electrons. The Bertz CT molecular complexity index is 332. The molecule has 1 aromatic carbocycles. The van der Waals surface area contributed by atoms with Crippen molar-refractivity contribution in [2.45, 2.75) is 44.8 Å². The van der Waals surface area contributed by atoms with Crippen LogP contribution in [0.2, 0.25) is 0 Å². The second-order valence-electron chi connectivity index (χ2n) is 5.29. The molecule has 2 rings (SSSR count). The minimum atomic E-state index is 0.436. The summed E-state index contributed by atoms with van der Waals surface area (Å²) in [5.74, 6) is 0. The molecular formula is C15H24N2. The Morgan fingerprint density at radius 1 is 1.24 bits per heavy atom. The molecule has 2 unspecified atom stereocenters. The Morgan fingerprint density at radius 3 is 2.47 bits per heavy atom. The second-order valence-corrected chi connectivity index (χ2v) is 5.29. The van der Waals surface area contributed by atoms with Crippen molar-refractivity contribution >= 4 is 0 Å². The molecule has 1 N–H and O–H groups in total. The standard InChI is InChI=1S/C15H24N2/c1-12(17(3)15-9-10-15)11-16-13(2)14-7-5-4-6-8-14/h4-8,12-13,15-16H,9-11H2,1-3H3. The molecule has 0 heterocycles. The predicted octanol–water partition coefficient (Wildman–Crippen LogP) is 2.82. The van der Waals surface area contributed by atoms with Crippen LogP contribution >= 0.6 is 0 Å². The first-order valence-corrected chi connectivity index (χ1v) is 6.68. The lowest BCUT2D eigenvalue weighted by Crippen LogP contribution is -2.39. The van der Waals surface area contributed by atoms with Gasteiger partial charge in [0.1, 0.15) is 0 Å². The first kappa shape index (κ1) is 12.6. The van der Waals surface area contributed by atoms with Crippen LogP contribution in [-0.2, 0) is 0 Å². The zero-order valence-corrected chi connectivity index (χ0v) is 11.2. The number of nitrogens with zero attached hydrogens (tertiary/aromatic N) is 1. The van der Waals surface area contributed by atoms with E-state index in [-0.39, 0.29) is 0 Å². The quantitative estimate of drug-likeness (QED) is 0.811. The van der Waals surface area contributed by atoms with Gasteiger partial charge >= 0.3 is 0 Å². The lowest BCUT2D eigenvalue weighted by molar-refractivity contribution is 0.237. The molecule has 1 aromatic rings. The molecule has 0 bridgehead atoms. The van der Waals surface area contributed by atoms with Crippen LogP contribution in [0.5, 0.6) is 0 Å². The van der Waals surface area contributed by atoms with Crippen molar-refractivity contribution in [3.8, 4) is 0 Å². The Labute approximate surface area is 105 Å². The van der Waals surface area contributed by atoms with Gasteiger partial charge in [0.25, 0.3) is 0 Å². The fourth-order valence-corrected chi connectivity index (χ4v) is 2.19. The summed E-state index contributed by atoms with van der Waals surface area (Å²) >= 11 is 0. The third-order valence-corrected chi connectivity index (χ3v) is 3.84. The molecule has 17 heavy (non-hydrogen) atoms. The Kier molecular flexibility index (Phi) is 4.19. The van der Waals surface area contributed by atoms with Crippen LogP contribution in [-0.4, -0.2) is 30.6 Å². The minimum absolute atomic E-state index is 0.436. The Morgan fingerprint density at radius 2 is 1.88 bits per heavy atom. The summed E-state index contributed by atoms with van der Waals surface area (Å²) in [7, 11) is 2.25. The molecule has 2 atom stereocenters. The average Bonchev–Trinajstić information content (AvgIpc) is 3.20. The van der Waals surface area contributed by atoms with E-state index in [1.165, 1.54) is 18.4 Å².